The van der Waals surface area contributed by atoms with Crippen LogP contribution in [-0.4, -0.2) is 24.3 Å². The number of rotatable bonds is 3. The summed E-state index contributed by atoms with van der Waals surface area (Å²) in [6, 6.07) is 0.521. The van der Waals surface area contributed by atoms with Crippen molar-refractivity contribution < 1.29 is 31.8 Å². The van der Waals surface area contributed by atoms with Crippen LogP contribution in [0.5, 0.6) is 11.5 Å². The summed E-state index contributed by atoms with van der Waals surface area (Å²) in [5.41, 5.74) is 4.16. The standard InChI is InChI=1S/C10H10F5NO2/c1-18-6-4-2-3-5(7(6)17)8(16)9(11,12)10(13,14)15/h2-4,8,17H,16H2,1H3/t8-/m0/s1. The largest absolute Gasteiger partial charge is 0.504 e. The van der Waals surface area contributed by atoms with Crippen LogP contribution in [0.2, 0.25) is 0 Å². The van der Waals surface area contributed by atoms with Crippen LogP contribution in [0.25, 0.3) is 0 Å². The van der Waals surface area contributed by atoms with Crippen molar-refractivity contribution in [2.24, 2.45) is 5.73 Å². The lowest BCUT2D eigenvalue weighted by Crippen LogP contribution is -2.45. The molecule has 0 spiro atoms. The Morgan fingerprint density at radius 2 is 1.78 bits per heavy atom. The van der Waals surface area contributed by atoms with Crippen molar-refractivity contribution in [1.29, 1.82) is 0 Å². The molecular weight excluding hydrogens is 261 g/mol. The maximum Gasteiger partial charge on any atom is 0.455 e. The number of methoxy groups -OCH3 is 1. The van der Waals surface area contributed by atoms with Crippen LogP contribution in [0.1, 0.15) is 11.6 Å². The van der Waals surface area contributed by atoms with Gasteiger partial charge in [0.2, 0.25) is 0 Å². The predicted octanol–water partition coefficient (Wildman–Crippen LogP) is 2.60. The second kappa shape index (κ2) is 4.60. The van der Waals surface area contributed by atoms with Crippen LogP contribution in [0.4, 0.5) is 22.0 Å². The van der Waals surface area contributed by atoms with Crippen LogP contribution in [0.3, 0.4) is 0 Å². The second-order valence-corrected chi connectivity index (χ2v) is 3.50. The monoisotopic (exact) mass is 271 g/mol. The van der Waals surface area contributed by atoms with E-state index in [9.17, 15) is 27.1 Å². The topological polar surface area (TPSA) is 55.5 Å². The van der Waals surface area contributed by atoms with Gasteiger partial charge < -0.3 is 15.6 Å². The van der Waals surface area contributed by atoms with Gasteiger partial charge >= 0.3 is 12.1 Å². The van der Waals surface area contributed by atoms with Gasteiger partial charge in [0.05, 0.1) is 7.11 Å². The molecule has 0 unspecified atom stereocenters. The quantitative estimate of drug-likeness (QED) is 0.831. The van der Waals surface area contributed by atoms with E-state index in [0.29, 0.717) is 0 Å². The van der Waals surface area contributed by atoms with E-state index >= 15 is 0 Å². The highest BCUT2D eigenvalue weighted by atomic mass is 19.4. The highest BCUT2D eigenvalue weighted by Gasteiger charge is 2.62. The van der Waals surface area contributed by atoms with Crippen molar-refractivity contribution >= 4 is 0 Å². The molecule has 8 heteroatoms. The zero-order valence-corrected chi connectivity index (χ0v) is 9.13. The Balaban J connectivity index is 3.23. The van der Waals surface area contributed by atoms with Gasteiger partial charge in [0.15, 0.2) is 11.5 Å². The summed E-state index contributed by atoms with van der Waals surface area (Å²) in [5.74, 6) is -6.23. The summed E-state index contributed by atoms with van der Waals surface area (Å²) in [6.07, 6.45) is -5.80. The molecule has 1 aromatic carbocycles. The van der Waals surface area contributed by atoms with E-state index in [1.807, 2.05) is 0 Å². The summed E-state index contributed by atoms with van der Waals surface area (Å²) in [6.45, 7) is 0. The number of hydrogen-bond acceptors (Lipinski definition) is 3. The maximum atomic E-state index is 13.0. The SMILES string of the molecule is COc1cccc([C@H](N)C(F)(F)C(F)(F)F)c1O. The Kier molecular flexibility index (Phi) is 3.70. The average molecular weight is 271 g/mol. The lowest BCUT2D eigenvalue weighted by molar-refractivity contribution is -0.291. The van der Waals surface area contributed by atoms with Gasteiger partial charge in [-0.3, -0.25) is 0 Å². The molecule has 0 aromatic heterocycles. The van der Waals surface area contributed by atoms with Crippen molar-refractivity contribution in [2.75, 3.05) is 7.11 Å². The first kappa shape index (κ1) is 14.5. The Bertz CT molecular complexity index is 433. The highest BCUT2D eigenvalue weighted by Crippen LogP contribution is 2.46. The molecule has 0 aliphatic heterocycles. The maximum absolute atomic E-state index is 13.0. The molecule has 102 valence electrons. The van der Waals surface area contributed by atoms with Gasteiger partial charge in [-0.25, -0.2) is 0 Å². The minimum Gasteiger partial charge on any atom is -0.504 e. The number of para-hydroxylation sites is 1. The predicted molar refractivity (Wildman–Crippen MR) is 52.6 cm³/mol. The molecule has 1 rings (SSSR count). The second-order valence-electron chi connectivity index (χ2n) is 3.50. The third-order valence-corrected chi connectivity index (χ3v) is 2.35. The Labute approximate surface area is 99.0 Å². The molecule has 1 atom stereocenters. The lowest BCUT2D eigenvalue weighted by atomic mass is 9.99. The first-order valence-corrected chi connectivity index (χ1v) is 4.69. The van der Waals surface area contributed by atoms with E-state index in [1.165, 1.54) is 6.07 Å². The molecule has 0 saturated carbocycles. The minimum atomic E-state index is -5.80. The molecule has 0 saturated heterocycles. The average Bonchev–Trinajstić information content (AvgIpc) is 2.27. The molecule has 0 aliphatic carbocycles. The van der Waals surface area contributed by atoms with Crippen LogP contribution >= 0.6 is 0 Å². The molecular formula is C10H10F5NO2. The van der Waals surface area contributed by atoms with Crippen molar-refractivity contribution in [1.82, 2.24) is 0 Å². The summed E-state index contributed by atoms with van der Waals surface area (Å²) in [4.78, 5) is 0. The highest BCUT2D eigenvalue weighted by molar-refractivity contribution is 5.47. The number of phenols is 1. The van der Waals surface area contributed by atoms with Crippen molar-refractivity contribution in [3.63, 3.8) is 0 Å². The van der Waals surface area contributed by atoms with Crippen molar-refractivity contribution in [3.05, 3.63) is 23.8 Å². The van der Waals surface area contributed by atoms with E-state index in [2.05, 4.69) is 4.74 Å². The Hall–Kier alpha value is -1.57. The van der Waals surface area contributed by atoms with Crippen LogP contribution in [0, 0.1) is 0 Å². The Morgan fingerprint density at radius 1 is 1.22 bits per heavy atom. The zero-order chi connectivity index (χ0) is 14.1. The number of hydrogen-bond donors (Lipinski definition) is 2. The number of phenolic OH excluding ortho intramolecular Hbond substituents is 1. The molecule has 0 fully saturated rings. The number of alkyl halides is 5. The van der Waals surface area contributed by atoms with Gasteiger partial charge in [-0.1, -0.05) is 12.1 Å². The lowest BCUT2D eigenvalue weighted by Gasteiger charge is -2.26. The first-order valence-electron chi connectivity index (χ1n) is 4.69. The normalized spacial score (nSPS) is 14.4. The molecule has 3 nitrogen and oxygen atoms in total. The fraction of sp³-hybridized carbons (Fsp3) is 0.400. The zero-order valence-electron chi connectivity index (χ0n) is 9.13. The van der Waals surface area contributed by atoms with Crippen molar-refractivity contribution in [2.45, 2.75) is 18.1 Å². The van der Waals surface area contributed by atoms with Gasteiger partial charge in [0, 0.05) is 5.56 Å². The number of ether oxygens (including phenoxy) is 1. The fourth-order valence-corrected chi connectivity index (χ4v) is 1.33. The number of nitrogens with two attached hydrogens (primary N) is 1. The molecule has 1 aromatic rings. The number of aromatic hydroxyl groups is 1. The number of halogens is 5. The van der Waals surface area contributed by atoms with E-state index in [4.69, 9.17) is 5.73 Å². The summed E-state index contributed by atoms with van der Waals surface area (Å²) < 4.78 is 67.1. The molecule has 0 radical (unpaired) electrons. The van der Waals surface area contributed by atoms with E-state index in [0.717, 1.165) is 19.2 Å². The van der Waals surface area contributed by atoms with Crippen LogP contribution in [0.15, 0.2) is 18.2 Å². The molecule has 0 amide bonds. The van der Waals surface area contributed by atoms with E-state index in [1.54, 1.807) is 0 Å². The molecule has 0 bridgehead atoms. The van der Waals surface area contributed by atoms with Gasteiger partial charge in [-0.15, -0.1) is 0 Å². The van der Waals surface area contributed by atoms with E-state index in [-0.39, 0.29) is 5.75 Å². The van der Waals surface area contributed by atoms with E-state index < -0.39 is 29.5 Å². The molecule has 3 N–H and O–H groups in total. The molecule has 0 heterocycles. The smallest absolute Gasteiger partial charge is 0.455 e. The molecule has 0 aliphatic rings. The fourth-order valence-electron chi connectivity index (χ4n) is 1.33. The summed E-state index contributed by atoms with van der Waals surface area (Å²) >= 11 is 0. The summed E-state index contributed by atoms with van der Waals surface area (Å²) in [7, 11) is 1.13. The van der Waals surface area contributed by atoms with Gasteiger partial charge in [-0.2, -0.15) is 22.0 Å². The number of benzene rings is 1. The Morgan fingerprint density at radius 3 is 2.22 bits per heavy atom. The molecule has 18 heavy (non-hydrogen) atoms. The minimum absolute atomic E-state index is 0.235. The van der Waals surface area contributed by atoms with Crippen molar-refractivity contribution in [3.8, 4) is 11.5 Å². The van der Waals surface area contributed by atoms with Gasteiger partial charge in [0.1, 0.15) is 6.04 Å². The summed E-state index contributed by atoms with van der Waals surface area (Å²) in [5, 5.41) is 9.48. The van der Waals surface area contributed by atoms with Gasteiger partial charge in [0.25, 0.3) is 0 Å². The third kappa shape index (κ3) is 2.33. The van der Waals surface area contributed by atoms with Crippen LogP contribution in [-0.2, 0) is 0 Å². The van der Waals surface area contributed by atoms with Crippen LogP contribution < -0.4 is 10.5 Å². The third-order valence-electron chi connectivity index (χ3n) is 2.35. The van der Waals surface area contributed by atoms with Gasteiger partial charge in [-0.05, 0) is 6.07 Å². The first-order chi connectivity index (χ1) is 8.13.